The van der Waals surface area contributed by atoms with Crippen LogP contribution in [0, 0.1) is 13.8 Å². The van der Waals surface area contributed by atoms with Crippen molar-refractivity contribution < 1.29 is 4.79 Å². The third-order valence-corrected chi connectivity index (χ3v) is 5.46. The van der Waals surface area contributed by atoms with E-state index in [9.17, 15) is 9.59 Å². The third-order valence-electron chi connectivity index (χ3n) is 3.25. The number of thioether (sulfide) groups is 1. The summed E-state index contributed by atoms with van der Waals surface area (Å²) in [5, 5.41) is 0.697. The van der Waals surface area contributed by atoms with Crippen LogP contribution in [0.5, 0.6) is 0 Å². The van der Waals surface area contributed by atoms with Crippen LogP contribution in [0.15, 0.2) is 22.6 Å². The predicted octanol–water partition coefficient (Wildman–Crippen LogP) is 2.23. The summed E-state index contributed by atoms with van der Waals surface area (Å²) < 4.78 is 1.54. The average Bonchev–Trinajstić information content (AvgIpc) is 2.69. The van der Waals surface area contributed by atoms with Gasteiger partial charge in [0.1, 0.15) is 4.83 Å². The number of primary amides is 1. The molecule has 0 fully saturated rings. The number of hydrogen-bond donors (Lipinski definition) is 1. The number of hydrogen-bond acceptors (Lipinski definition) is 5. The van der Waals surface area contributed by atoms with Crippen LogP contribution in [0.4, 0.5) is 0 Å². The van der Waals surface area contributed by atoms with E-state index in [0.717, 1.165) is 10.4 Å². The van der Waals surface area contributed by atoms with Crippen molar-refractivity contribution in [3.63, 3.8) is 0 Å². The first kappa shape index (κ1) is 15.8. The molecule has 0 spiro atoms. The number of rotatable bonds is 5. The second-order valence-electron chi connectivity index (χ2n) is 4.72. The lowest BCUT2D eigenvalue weighted by Gasteiger charge is -2.12. The number of fused-ring (bicyclic) bond motifs is 1. The van der Waals surface area contributed by atoms with Crippen molar-refractivity contribution >= 4 is 39.2 Å². The Labute approximate surface area is 130 Å². The fraction of sp³-hybridized carbons (Fsp3) is 0.357. The molecule has 0 aliphatic heterocycles. The van der Waals surface area contributed by atoms with Gasteiger partial charge in [-0.15, -0.1) is 17.9 Å². The molecule has 1 amide bonds. The molecule has 21 heavy (non-hydrogen) atoms. The van der Waals surface area contributed by atoms with Gasteiger partial charge in [0.05, 0.1) is 10.6 Å². The molecule has 0 aromatic carbocycles. The predicted molar refractivity (Wildman–Crippen MR) is 88.1 cm³/mol. The maximum atomic E-state index is 12.7. The SMILES string of the molecule is C=CCn1c(S[C@@H](C)C(N)=O)nc2sc(C)c(C)c2c1=O. The molecule has 2 N–H and O–H groups in total. The van der Waals surface area contributed by atoms with Gasteiger partial charge in [0.15, 0.2) is 5.16 Å². The minimum atomic E-state index is -0.451. The Hall–Kier alpha value is -1.60. The second kappa shape index (κ2) is 6.03. The number of nitrogens with two attached hydrogens (primary N) is 1. The Bertz CT molecular complexity index is 777. The lowest BCUT2D eigenvalue weighted by molar-refractivity contribution is -0.117. The van der Waals surface area contributed by atoms with Crippen LogP contribution in [-0.2, 0) is 11.3 Å². The minimum absolute atomic E-state index is 0.0964. The van der Waals surface area contributed by atoms with Crippen LogP contribution in [0.1, 0.15) is 17.4 Å². The second-order valence-corrected chi connectivity index (χ2v) is 7.24. The van der Waals surface area contributed by atoms with Crippen LogP contribution >= 0.6 is 23.1 Å². The first-order chi connectivity index (χ1) is 9.86. The van der Waals surface area contributed by atoms with E-state index in [1.807, 2.05) is 13.8 Å². The molecule has 0 saturated carbocycles. The topological polar surface area (TPSA) is 78.0 Å². The molecule has 0 aliphatic rings. The summed E-state index contributed by atoms with van der Waals surface area (Å²) in [6, 6.07) is 0. The number of carbonyl (C=O) groups excluding carboxylic acids is 1. The highest BCUT2D eigenvalue weighted by Crippen LogP contribution is 2.29. The van der Waals surface area contributed by atoms with Crippen LogP contribution in [-0.4, -0.2) is 20.7 Å². The van der Waals surface area contributed by atoms with Gasteiger partial charge >= 0.3 is 0 Å². The van der Waals surface area contributed by atoms with Crippen molar-refractivity contribution in [1.82, 2.24) is 9.55 Å². The molecule has 0 saturated heterocycles. The molecule has 0 bridgehead atoms. The van der Waals surface area contributed by atoms with Gasteiger partial charge in [0.2, 0.25) is 5.91 Å². The normalized spacial score (nSPS) is 12.5. The van der Waals surface area contributed by atoms with Crippen LogP contribution in [0.2, 0.25) is 0 Å². The molecule has 2 aromatic heterocycles. The quantitative estimate of drug-likeness (QED) is 0.520. The summed E-state index contributed by atoms with van der Waals surface area (Å²) in [6.07, 6.45) is 1.64. The number of allylic oxidation sites excluding steroid dienone is 1. The molecular weight excluding hydrogens is 306 g/mol. The smallest absolute Gasteiger partial charge is 0.263 e. The molecule has 112 valence electrons. The Morgan fingerprint density at radius 2 is 2.24 bits per heavy atom. The van der Waals surface area contributed by atoms with Gasteiger partial charge < -0.3 is 5.73 Å². The lowest BCUT2D eigenvalue weighted by Crippen LogP contribution is -2.27. The molecule has 7 heteroatoms. The molecule has 2 aromatic rings. The van der Waals surface area contributed by atoms with Crippen molar-refractivity contribution in [1.29, 1.82) is 0 Å². The van der Waals surface area contributed by atoms with Crippen molar-refractivity contribution in [3.05, 3.63) is 33.4 Å². The Morgan fingerprint density at radius 1 is 1.57 bits per heavy atom. The molecular formula is C14H17N3O2S2. The highest BCUT2D eigenvalue weighted by Gasteiger charge is 2.19. The van der Waals surface area contributed by atoms with Crippen molar-refractivity contribution in [3.8, 4) is 0 Å². The standard InChI is InChI=1S/C14H17N3O2S2/c1-5-6-17-13(19)10-7(2)8(3)20-12(10)16-14(17)21-9(4)11(15)18/h5,9H,1,6H2,2-4H3,(H2,15,18)/t9-/m0/s1. The number of carbonyl (C=O) groups is 1. The highest BCUT2D eigenvalue weighted by molar-refractivity contribution is 8.00. The van der Waals surface area contributed by atoms with Crippen LogP contribution in [0.3, 0.4) is 0 Å². The summed E-state index contributed by atoms with van der Waals surface area (Å²) in [6.45, 7) is 9.62. The average molecular weight is 323 g/mol. The fourth-order valence-corrected chi connectivity index (χ4v) is 3.84. The first-order valence-electron chi connectivity index (χ1n) is 6.44. The molecule has 0 radical (unpaired) electrons. The van der Waals surface area contributed by atoms with Crippen LogP contribution < -0.4 is 11.3 Å². The lowest BCUT2D eigenvalue weighted by atomic mass is 10.2. The maximum absolute atomic E-state index is 12.7. The van der Waals surface area contributed by atoms with Gasteiger partial charge in [-0.25, -0.2) is 4.98 Å². The van der Waals surface area contributed by atoms with Crippen molar-refractivity contribution in [2.45, 2.75) is 37.7 Å². The van der Waals surface area contributed by atoms with Gasteiger partial charge in [-0.05, 0) is 26.3 Å². The zero-order chi connectivity index (χ0) is 15.7. The maximum Gasteiger partial charge on any atom is 0.263 e. The first-order valence-corrected chi connectivity index (χ1v) is 8.13. The summed E-state index contributed by atoms with van der Waals surface area (Å²) in [5.41, 5.74) is 6.16. The fourth-order valence-electron chi connectivity index (χ4n) is 1.90. The zero-order valence-electron chi connectivity index (χ0n) is 12.2. The number of nitrogens with zero attached hydrogens (tertiary/aromatic N) is 2. The minimum Gasteiger partial charge on any atom is -0.369 e. The van der Waals surface area contributed by atoms with E-state index in [-0.39, 0.29) is 5.56 Å². The molecule has 5 nitrogen and oxygen atoms in total. The largest absolute Gasteiger partial charge is 0.369 e. The van der Waals surface area contributed by atoms with E-state index >= 15 is 0 Å². The molecule has 2 heterocycles. The van der Waals surface area contributed by atoms with E-state index in [1.54, 1.807) is 17.6 Å². The summed E-state index contributed by atoms with van der Waals surface area (Å²) in [7, 11) is 0. The van der Waals surface area contributed by atoms with E-state index in [2.05, 4.69) is 11.6 Å². The summed E-state index contributed by atoms with van der Waals surface area (Å²) in [4.78, 5) is 30.3. The number of aromatic nitrogens is 2. The molecule has 2 rings (SSSR count). The number of aryl methyl sites for hydroxylation is 2. The van der Waals surface area contributed by atoms with Crippen molar-refractivity contribution in [2.24, 2.45) is 5.73 Å². The van der Waals surface area contributed by atoms with E-state index in [0.29, 0.717) is 21.9 Å². The highest BCUT2D eigenvalue weighted by atomic mass is 32.2. The third kappa shape index (κ3) is 2.89. The van der Waals surface area contributed by atoms with Gasteiger partial charge in [0, 0.05) is 11.4 Å². The summed E-state index contributed by atoms with van der Waals surface area (Å²) in [5.74, 6) is -0.432. The van der Waals surface area contributed by atoms with Crippen LogP contribution in [0.25, 0.3) is 10.2 Å². The van der Waals surface area contributed by atoms with E-state index in [1.165, 1.54) is 23.1 Å². The zero-order valence-corrected chi connectivity index (χ0v) is 13.8. The Kier molecular flexibility index (Phi) is 4.53. The number of amides is 1. The van der Waals surface area contributed by atoms with E-state index < -0.39 is 11.2 Å². The van der Waals surface area contributed by atoms with Gasteiger partial charge in [0.25, 0.3) is 5.56 Å². The van der Waals surface area contributed by atoms with Gasteiger partial charge in [-0.2, -0.15) is 0 Å². The Balaban J connectivity index is 2.68. The van der Waals surface area contributed by atoms with Gasteiger partial charge in [-0.3, -0.25) is 14.2 Å². The molecule has 0 unspecified atom stereocenters. The Morgan fingerprint density at radius 3 is 2.81 bits per heavy atom. The summed E-state index contributed by atoms with van der Waals surface area (Å²) >= 11 is 2.69. The van der Waals surface area contributed by atoms with Gasteiger partial charge in [-0.1, -0.05) is 17.8 Å². The van der Waals surface area contributed by atoms with E-state index in [4.69, 9.17) is 5.73 Å². The number of thiophene rings is 1. The monoisotopic (exact) mass is 323 g/mol. The molecule has 0 aliphatic carbocycles. The molecule has 1 atom stereocenters. The van der Waals surface area contributed by atoms with Crippen molar-refractivity contribution in [2.75, 3.05) is 0 Å².